The second kappa shape index (κ2) is 14.0. The van der Waals surface area contributed by atoms with Gasteiger partial charge in [-0.1, -0.05) is 0 Å². The van der Waals surface area contributed by atoms with Gasteiger partial charge in [-0.25, -0.2) is 9.59 Å². The van der Waals surface area contributed by atoms with Crippen molar-refractivity contribution >= 4 is 48.0 Å². The number of rotatable bonds is 9. The molecule has 16 nitrogen and oxygen atoms in total. The number of nitrogens with zero attached hydrogens (tertiary/aromatic N) is 5. The van der Waals surface area contributed by atoms with E-state index in [0.29, 0.717) is 36.9 Å². The molecule has 0 aromatic heterocycles. The summed E-state index contributed by atoms with van der Waals surface area (Å²) in [6.07, 6.45) is 0.0462. The van der Waals surface area contributed by atoms with Crippen LogP contribution in [0.5, 0.6) is 0 Å². The zero-order valence-corrected chi connectivity index (χ0v) is 25.5. The number of nitro groups is 2. The van der Waals surface area contributed by atoms with E-state index in [1.807, 2.05) is 0 Å². The topological polar surface area (TPSA) is 195 Å². The molecular weight excluding hydrogens is 624 g/mol. The molecule has 3 aliphatic rings. The van der Waals surface area contributed by atoms with Gasteiger partial charge in [-0.05, 0) is 54.7 Å². The molecule has 1 N–H and O–H groups in total. The van der Waals surface area contributed by atoms with Crippen LogP contribution in [0.2, 0.25) is 0 Å². The fraction of sp³-hybridized carbons (Fsp3) is 0.448. The lowest BCUT2D eigenvalue weighted by Crippen LogP contribution is -2.65. The highest BCUT2D eigenvalue weighted by Gasteiger charge is 2.45. The maximum atomic E-state index is 13.3. The van der Waals surface area contributed by atoms with Gasteiger partial charge in [0.25, 0.3) is 11.4 Å². The maximum absolute atomic E-state index is 13.3. The Kier molecular flexibility index (Phi) is 9.89. The van der Waals surface area contributed by atoms with E-state index in [4.69, 9.17) is 9.47 Å². The van der Waals surface area contributed by atoms with Crippen molar-refractivity contribution in [3.05, 3.63) is 79.9 Å². The second-order valence-electron chi connectivity index (χ2n) is 11.3. The average Bonchev–Trinajstić information content (AvgIpc) is 3.67. The van der Waals surface area contributed by atoms with E-state index in [-0.39, 0.29) is 67.3 Å². The lowest BCUT2D eigenvalue weighted by Gasteiger charge is -2.42. The highest BCUT2D eigenvalue weighted by molar-refractivity contribution is 7.81. The molecule has 244 valence electrons. The van der Waals surface area contributed by atoms with Crippen molar-refractivity contribution in [3.8, 4) is 0 Å². The number of benzene rings is 2. The first-order chi connectivity index (χ1) is 22.0. The van der Waals surface area contributed by atoms with Gasteiger partial charge in [0.05, 0.1) is 15.9 Å². The first-order valence-corrected chi connectivity index (χ1v) is 15.1. The summed E-state index contributed by atoms with van der Waals surface area (Å²) in [4.78, 5) is 76.8. The van der Waals surface area contributed by atoms with Crippen LogP contribution >= 0.6 is 12.6 Å². The molecule has 2 aromatic carbocycles. The summed E-state index contributed by atoms with van der Waals surface area (Å²) in [6.45, 7) is 0.811. The van der Waals surface area contributed by atoms with Gasteiger partial charge in [0.15, 0.2) is 0 Å². The van der Waals surface area contributed by atoms with Crippen molar-refractivity contribution in [2.24, 2.45) is 0 Å². The number of thiol groups is 1. The van der Waals surface area contributed by atoms with E-state index in [0.717, 1.165) is 0 Å². The minimum Gasteiger partial charge on any atom is -0.445 e. The lowest BCUT2D eigenvalue weighted by molar-refractivity contribution is -0.385. The van der Waals surface area contributed by atoms with E-state index >= 15 is 0 Å². The SMILES string of the molecule is O=C(NC1CN(C(=O)[C@@H]2C[C@H](S)CN2C(=O)OCc2ccc([N+](=O)[O-])cc2)C1)[C@@H]1CCCN1C(=O)OCc1ccc([N+](=O)[O-])cc1. The van der Waals surface area contributed by atoms with Crippen LogP contribution in [0.3, 0.4) is 0 Å². The molecule has 3 fully saturated rings. The molecule has 0 aliphatic carbocycles. The Hall–Kier alpha value is -4.93. The van der Waals surface area contributed by atoms with E-state index in [9.17, 15) is 39.4 Å². The minimum absolute atomic E-state index is 0.0755. The molecule has 0 unspecified atom stereocenters. The molecule has 4 amide bonds. The summed E-state index contributed by atoms with van der Waals surface area (Å²) >= 11 is 4.46. The van der Waals surface area contributed by atoms with Gasteiger partial charge in [0, 0.05) is 55.7 Å². The summed E-state index contributed by atoms with van der Waals surface area (Å²) in [5.41, 5.74) is 0.972. The molecule has 0 bridgehead atoms. The predicted octanol–water partition coefficient (Wildman–Crippen LogP) is 2.64. The maximum Gasteiger partial charge on any atom is 0.410 e. The van der Waals surface area contributed by atoms with E-state index in [1.165, 1.54) is 58.3 Å². The standard InChI is InChI=1S/C29H32N6O10S/c36-26(24-2-1-11-32(24)28(38)44-16-18-3-7-21(8-4-18)34(40)41)30-20-13-31(14-20)27(37)25-12-23(46)15-33(25)29(39)45-17-19-5-9-22(10-6-19)35(42)43/h3-10,20,23-25,46H,1-2,11-17H2,(H,30,36)/t23-,24-,25-/m0/s1. The Balaban J connectivity index is 1.07. The molecule has 3 heterocycles. The number of carbonyl (C=O) groups is 4. The third kappa shape index (κ3) is 7.47. The van der Waals surface area contributed by atoms with Crippen molar-refractivity contribution in [3.63, 3.8) is 0 Å². The van der Waals surface area contributed by atoms with Crippen LogP contribution in [-0.4, -0.2) is 98.1 Å². The molecular formula is C29H32N6O10S. The van der Waals surface area contributed by atoms with Gasteiger partial charge < -0.3 is 19.7 Å². The Morgan fingerprint density at radius 1 is 0.804 bits per heavy atom. The number of amides is 4. The highest BCUT2D eigenvalue weighted by atomic mass is 32.1. The molecule has 3 saturated heterocycles. The van der Waals surface area contributed by atoms with E-state index < -0.39 is 34.1 Å². The van der Waals surface area contributed by atoms with Crippen LogP contribution in [0.15, 0.2) is 48.5 Å². The lowest BCUT2D eigenvalue weighted by atomic mass is 10.0. The molecule has 0 radical (unpaired) electrons. The van der Waals surface area contributed by atoms with Crippen LogP contribution in [0, 0.1) is 20.2 Å². The van der Waals surface area contributed by atoms with Crippen molar-refractivity contribution in [2.75, 3.05) is 26.2 Å². The largest absolute Gasteiger partial charge is 0.445 e. The third-order valence-electron chi connectivity index (χ3n) is 8.15. The van der Waals surface area contributed by atoms with E-state index in [2.05, 4.69) is 17.9 Å². The smallest absolute Gasteiger partial charge is 0.410 e. The Labute approximate surface area is 268 Å². The summed E-state index contributed by atoms with van der Waals surface area (Å²) in [7, 11) is 0. The van der Waals surface area contributed by atoms with Gasteiger partial charge in [-0.3, -0.25) is 39.6 Å². The molecule has 46 heavy (non-hydrogen) atoms. The van der Waals surface area contributed by atoms with Gasteiger partial charge in [0.1, 0.15) is 25.3 Å². The van der Waals surface area contributed by atoms with Crippen LogP contribution in [0.1, 0.15) is 30.4 Å². The number of nitro benzene ring substituents is 2. The van der Waals surface area contributed by atoms with E-state index in [1.54, 1.807) is 4.90 Å². The summed E-state index contributed by atoms with van der Waals surface area (Å²) in [5, 5.41) is 24.3. The molecule has 0 saturated carbocycles. The summed E-state index contributed by atoms with van der Waals surface area (Å²) < 4.78 is 10.7. The number of carbonyl (C=O) groups excluding carboxylic acids is 4. The molecule has 3 aliphatic heterocycles. The van der Waals surface area contributed by atoms with Crippen molar-refractivity contribution in [1.29, 1.82) is 0 Å². The Morgan fingerprint density at radius 2 is 1.33 bits per heavy atom. The van der Waals surface area contributed by atoms with Gasteiger partial charge in [-0.15, -0.1) is 0 Å². The number of ether oxygens (including phenoxy) is 2. The summed E-state index contributed by atoms with van der Waals surface area (Å²) in [6, 6.07) is 9.40. The fourth-order valence-electron chi connectivity index (χ4n) is 5.65. The Morgan fingerprint density at radius 3 is 1.85 bits per heavy atom. The van der Waals surface area contributed by atoms with Gasteiger partial charge in [-0.2, -0.15) is 12.6 Å². The number of non-ortho nitro benzene ring substituents is 2. The number of nitrogens with one attached hydrogen (secondary N) is 1. The van der Waals surface area contributed by atoms with Gasteiger partial charge >= 0.3 is 12.2 Å². The zero-order chi connectivity index (χ0) is 33.0. The monoisotopic (exact) mass is 656 g/mol. The average molecular weight is 657 g/mol. The van der Waals surface area contributed by atoms with Crippen LogP contribution in [0.25, 0.3) is 0 Å². The number of hydrogen-bond acceptors (Lipinski definition) is 11. The van der Waals surface area contributed by atoms with Crippen molar-refractivity contribution in [1.82, 2.24) is 20.0 Å². The predicted molar refractivity (Wildman–Crippen MR) is 163 cm³/mol. The summed E-state index contributed by atoms with van der Waals surface area (Å²) in [5.74, 6) is -0.638. The second-order valence-corrected chi connectivity index (χ2v) is 12.0. The van der Waals surface area contributed by atoms with Crippen molar-refractivity contribution < 1.29 is 38.5 Å². The molecule has 5 rings (SSSR count). The fourth-order valence-corrected chi connectivity index (χ4v) is 6.02. The van der Waals surface area contributed by atoms with Crippen LogP contribution in [-0.2, 0) is 32.3 Å². The quantitative estimate of drug-likeness (QED) is 0.230. The normalized spacial score (nSPS) is 21.0. The molecule has 0 spiro atoms. The van der Waals surface area contributed by atoms with Crippen LogP contribution in [0.4, 0.5) is 21.0 Å². The zero-order valence-electron chi connectivity index (χ0n) is 24.6. The minimum atomic E-state index is -0.778. The van der Waals surface area contributed by atoms with Gasteiger partial charge in [0.2, 0.25) is 11.8 Å². The molecule has 17 heteroatoms. The highest BCUT2D eigenvalue weighted by Crippen LogP contribution is 2.27. The first kappa shape index (κ1) is 32.5. The first-order valence-electron chi connectivity index (χ1n) is 14.6. The van der Waals surface area contributed by atoms with Crippen LogP contribution < -0.4 is 5.32 Å². The Bertz CT molecular complexity index is 1500. The number of hydrogen-bond donors (Lipinski definition) is 2. The number of likely N-dealkylation sites (tertiary alicyclic amines) is 3. The molecule has 2 aromatic rings. The third-order valence-corrected chi connectivity index (χ3v) is 8.52. The van der Waals surface area contributed by atoms with Crippen molar-refractivity contribution in [2.45, 2.75) is 55.9 Å². The molecule has 3 atom stereocenters.